The molecule has 0 unspecified atom stereocenters. The van der Waals surface area contributed by atoms with E-state index in [4.69, 9.17) is 4.74 Å². The standard InChI is InChI=1S/C12H20O2/c1-3-8-12(14-11(13)4-2)9-6-5-7-10-12/h4H,2-3,5-10H2,1H3. The van der Waals surface area contributed by atoms with E-state index in [9.17, 15) is 4.79 Å². The number of hydrogen-bond donors (Lipinski definition) is 0. The Hall–Kier alpha value is -0.790. The van der Waals surface area contributed by atoms with Crippen LogP contribution in [0, 0.1) is 0 Å². The highest BCUT2D eigenvalue weighted by molar-refractivity contribution is 5.81. The van der Waals surface area contributed by atoms with Gasteiger partial charge in [-0.3, -0.25) is 0 Å². The summed E-state index contributed by atoms with van der Waals surface area (Å²) in [5, 5.41) is 0. The summed E-state index contributed by atoms with van der Waals surface area (Å²) >= 11 is 0. The second-order valence-corrected chi connectivity index (χ2v) is 4.12. The maximum atomic E-state index is 11.2. The van der Waals surface area contributed by atoms with E-state index in [1.165, 1.54) is 25.3 Å². The average Bonchev–Trinajstić information content (AvgIpc) is 2.19. The minimum absolute atomic E-state index is 0.168. The van der Waals surface area contributed by atoms with Crippen molar-refractivity contribution in [3.63, 3.8) is 0 Å². The van der Waals surface area contributed by atoms with E-state index in [1.54, 1.807) is 0 Å². The van der Waals surface area contributed by atoms with Crippen LogP contribution in [0.4, 0.5) is 0 Å². The third-order valence-electron chi connectivity index (χ3n) is 2.95. The molecule has 0 spiro atoms. The van der Waals surface area contributed by atoms with Crippen molar-refractivity contribution >= 4 is 5.97 Å². The molecule has 0 aliphatic heterocycles. The molecule has 2 heteroatoms. The molecule has 1 fully saturated rings. The average molecular weight is 196 g/mol. The van der Waals surface area contributed by atoms with E-state index >= 15 is 0 Å². The summed E-state index contributed by atoms with van der Waals surface area (Å²) in [6, 6.07) is 0. The molecular formula is C12H20O2. The summed E-state index contributed by atoms with van der Waals surface area (Å²) in [7, 11) is 0. The van der Waals surface area contributed by atoms with Gasteiger partial charge in [0.15, 0.2) is 0 Å². The van der Waals surface area contributed by atoms with Crippen LogP contribution in [0.15, 0.2) is 12.7 Å². The zero-order valence-electron chi connectivity index (χ0n) is 9.05. The molecule has 0 N–H and O–H groups in total. The zero-order valence-corrected chi connectivity index (χ0v) is 9.05. The Bertz CT molecular complexity index is 197. The lowest BCUT2D eigenvalue weighted by atomic mass is 9.81. The highest BCUT2D eigenvalue weighted by atomic mass is 16.6. The quantitative estimate of drug-likeness (QED) is 0.509. The molecule has 0 aromatic heterocycles. The number of rotatable bonds is 4. The molecule has 0 radical (unpaired) electrons. The molecule has 0 atom stereocenters. The van der Waals surface area contributed by atoms with Crippen molar-refractivity contribution in [1.82, 2.24) is 0 Å². The van der Waals surface area contributed by atoms with Gasteiger partial charge in [-0.25, -0.2) is 4.79 Å². The number of esters is 1. The Balaban J connectivity index is 2.59. The minimum Gasteiger partial charge on any atom is -0.456 e. The number of carbonyl (C=O) groups is 1. The summed E-state index contributed by atoms with van der Waals surface area (Å²) in [4.78, 5) is 11.2. The topological polar surface area (TPSA) is 26.3 Å². The first kappa shape index (κ1) is 11.3. The van der Waals surface area contributed by atoms with Crippen molar-refractivity contribution < 1.29 is 9.53 Å². The fourth-order valence-electron chi connectivity index (χ4n) is 2.31. The van der Waals surface area contributed by atoms with Crippen LogP contribution in [0.25, 0.3) is 0 Å². The molecule has 1 saturated carbocycles. The molecular weight excluding hydrogens is 176 g/mol. The van der Waals surface area contributed by atoms with Crippen LogP contribution in [0.3, 0.4) is 0 Å². The lowest BCUT2D eigenvalue weighted by Gasteiger charge is -2.36. The molecule has 0 aromatic carbocycles. The molecule has 0 bridgehead atoms. The van der Waals surface area contributed by atoms with Gasteiger partial charge in [0.1, 0.15) is 5.60 Å². The van der Waals surface area contributed by atoms with Crippen molar-refractivity contribution in [2.75, 3.05) is 0 Å². The predicted molar refractivity (Wildman–Crippen MR) is 57.0 cm³/mol. The van der Waals surface area contributed by atoms with Crippen LogP contribution in [0.1, 0.15) is 51.9 Å². The van der Waals surface area contributed by atoms with Gasteiger partial charge in [-0.15, -0.1) is 0 Å². The molecule has 0 saturated heterocycles. The van der Waals surface area contributed by atoms with Crippen molar-refractivity contribution in [2.45, 2.75) is 57.5 Å². The highest BCUT2D eigenvalue weighted by Crippen LogP contribution is 2.35. The zero-order chi connectivity index (χ0) is 10.4. The van der Waals surface area contributed by atoms with Gasteiger partial charge in [0.25, 0.3) is 0 Å². The van der Waals surface area contributed by atoms with E-state index < -0.39 is 0 Å². The van der Waals surface area contributed by atoms with E-state index in [0.29, 0.717) is 0 Å². The summed E-state index contributed by atoms with van der Waals surface area (Å²) in [5.41, 5.74) is -0.168. The Labute approximate surface area is 86.3 Å². The van der Waals surface area contributed by atoms with Crippen LogP contribution in [-0.2, 0) is 9.53 Å². The van der Waals surface area contributed by atoms with Gasteiger partial charge in [0.05, 0.1) is 0 Å². The van der Waals surface area contributed by atoms with E-state index in [-0.39, 0.29) is 11.6 Å². The van der Waals surface area contributed by atoms with Gasteiger partial charge in [-0.1, -0.05) is 26.3 Å². The molecule has 14 heavy (non-hydrogen) atoms. The Morgan fingerprint density at radius 3 is 2.57 bits per heavy atom. The molecule has 1 aliphatic rings. The van der Waals surface area contributed by atoms with Crippen molar-refractivity contribution in [2.24, 2.45) is 0 Å². The van der Waals surface area contributed by atoms with Crippen LogP contribution in [0.5, 0.6) is 0 Å². The van der Waals surface area contributed by atoms with Gasteiger partial charge < -0.3 is 4.74 Å². The lowest BCUT2D eigenvalue weighted by molar-refractivity contribution is -0.158. The van der Waals surface area contributed by atoms with Crippen LogP contribution in [-0.4, -0.2) is 11.6 Å². The second-order valence-electron chi connectivity index (χ2n) is 4.12. The summed E-state index contributed by atoms with van der Waals surface area (Å²) < 4.78 is 5.51. The first-order chi connectivity index (χ1) is 6.72. The fraction of sp³-hybridized carbons (Fsp3) is 0.750. The maximum Gasteiger partial charge on any atom is 0.330 e. The van der Waals surface area contributed by atoms with Gasteiger partial charge >= 0.3 is 5.97 Å². The molecule has 1 aliphatic carbocycles. The van der Waals surface area contributed by atoms with Crippen molar-refractivity contribution in [3.8, 4) is 0 Å². The molecule has 2 nitrogen and oxygen atoms in total. The predicted octanol–water partition coefficient (Wildman–Crippen LogP) is 3.22. The Kier molecular flexibility index (Phi) is 4.18. The van der Waals surface area contributed by atoms with Crippen molar-refractivity contribution in [1.29, 1.82) is 0 Å². The third-order valence-corrected chi connectivity index (χ3v) is 2.95. The van der Waals surface area contributed by atoms with Gasteiger partial charge in [-0.2, -0.15) is 0 Å². The van der Waals surface area contributed by atoms with Crippen LogP contribution in [0.2, 0.25) is 0 Å². The van der Waals surface area contributed by atoms with Crippen LogP contribution < -0.4 is 0 Å². The normalized spacial score (nSPS) is 20.1. The number of ether oxygens (including phenoxy) is 1. The number of hydrogen-bond acceptors (Lipinski definition) is 2. The van der Waals surface area contributed by atoms with Crippen molar-refractivity contribution in [3.05, 3.63) is 12.7 Å². The monoisotopic (exact) mass is 196 g/mol. The minimum atomic E-state index is -0.264. The fourth-order valence-corrected chi connectivity index (χ4v) is 2.31. The first-order valence-corrected chi connectivity index (χ1v) is 5.58. The van der Waals surface area contributed by atoms with Gasteiger partial charge in [0, 0.05) is 6.08 Å². The largest absolute Gasteiger partial charge is 0.456 e. The molecule has 0 amide bonds. The van der Waals surface area contributed by atoms with E-state index in [2.05, 4.69) is 13.5 Å². The molecule has 1 rings (SSSR count). The summed E-state index contributed by atoms with van der Waals surface area (Å²) in [6.07, 6.45) is 9.04. The summed E-state index contributed by atoms with van der Waals surface area (Å²) in [6.45, 7) is 5.58. The van der Waals surface area contributed by atoms with Crippen LogP contribution >= 0.6 is 0 Å². The molecule has 80 valence electrons. The van der Waals surface area contributed by atoms with E-state index in [0.717, 1.165) is 25.7 Å². The third kappa shape index (κ3) is 2.86. The van der Waals surface area contributed by atoms with Gasteiger partial charge in [0.2, 0.25) is 0 Å². The SMILES string of the molecule is C=CC(=O)OC1(CCC)CCCCC1. The smallest absolute Gasteiger partial charge is 0.330 e. The van der Waals surface area contributed by atoms with Gasteiger partial charge in [-0.05, 0) is 32.1 Å². The molecule has 0 heterocycles. The van der Waals surface area contributed by atoms with E-state index in [1.807, 2.05) is 0 Å². The summed E-state index contributed by atoms with van der Waals surface area (Å²) in [5.74, 6) is -0.264. The maximum absolute atomic E-state index is 11.2. The number of carbonyl (C=O) groups excluding carboxylic acids is 1. The Morgan fingerprint density at radius 2 is 2.07 bits per heavy atom. The Morgan fingerprint density at radius 1 is 1.43 bits per heavy atom. The highest BCUT2D eigenvalue weighted by Gasteiger charge is 2.34. The molecule has 0 aromatic rings. The first-order valence-electron chi connectivity index (χ1n) is 5.58. The second kappa shape index (κ2) is 5.18. The lowest BCUT2D eigenvalue weighted by Crippen LogP contribution is -2.36.